The van der Waals surface area contributed by atoms with E-state index < -0.39 is 5.60 Å². The molecule has 0 saturated heterocycles. The number of aliphatic hydroxyl groups is 1. The van der Waals surface area contributed by atoms with Crippen LogP contribution >= 0.6 is 11.6 Å². The molecule has 4 aliphatic rings. The van der Waals surface area contributed by atoms with Gasteiger partial charge in [-0.2, -0.15) is 0 Å². The summed E-state index contributed by atoms with van der Waals surface area (Å²) in [5.41, 5.74) is 1.96. The Bertz CT molecular complexity index is 836. The molecule has 3 nitrogen and oxygen atoms in total. The van der Waals surface area contributed by atoms with E-state index in [4.69, 9.17) is 16.3 Å². The molecule has 4 saturated carbocycles. The van der Waals surface area contributed by atoms with Crippen molar-refractivity contribution in [2.45, 2.75) is 62.8 Å². The monoisotopic (exact) mass is 397 g/mol. The van der Waals surface area contributed by atoms with Gasteiger partial charge in [-0.25, -0.2) is 0 Å². The molecule has 6 rings (SSSR count). The fourth-order valence-corrected chi connectivity index (χ4v) is 6.36. The number of para-hydroxylation sites is 1. The molecule has 2 aromatic carbocycles. The lowest BCUT2D eigenvalue weighted by molar-refractivity contribution is -0.142. The first-order valence-electron chi connectivity index (χ1n) is 10.4. The Labute approximate surface area is 172 Å². The number of ether oxygens (including phenoxy) is 1. The van der Waals surface area contributed by atoms with E-state index in [0.717, 1.165) is 42.1 Å². The molecule has 4 bridgehead atoms. The van der Waals surface area contributed by atoms with Crippen LogP contribution in [0.25, 0.3) is 0 Å². The molecule has 2 unspecified atom stereocenters. The largest absolute Gasteiger partial charge is 0.489 e. The van der Waals surface area contributed by atoms with Crippen molar-refractivity contribution < 1.29 is 9.84 Å². The normalized spacial score (nSPS) is 33.2. The number of nitrogens with one attached hydrogen (secondary N) is 1. The zero-order valence-corrected chi connectivity index (χ0v) is 16.9. The molecule has 2 aromatic rings. The van der Waals surface area contributed by atoms with Gasteiger partial charge >= 0.3 is 0 Å². The predicted molar refractivity (Wildman–Crippen MR) is 111 cm³/mol. The Morgan fingerprint density at radius 3 is 2.43 bits per heavy atom. The zero-order chi connectivity index (χ0) is 19.2. The Morgan fingerprint density at radius 1 is 1.00 bits per heavy atom. The van der Waals surface area contributed by atoms with Crippen LogP contribution in [0.1, 0.15) is 49.7 Å². The molecule has 0 radical (unpaired) electrons. The average Bonchev–Trinajstić information content (AvgIpc) is 2.65. The first-order chi connectivity index (χ1) is 13.5. The zero-order valence-electron chi connectivity index (χ0n) is 16.2. The first kappa shape index (κ1) is 18.5. The lowest BCUT2D eigenvalue weighted by Gasteiger charge is -2.60. The summed E-state index contributed by atoms with van der Waals surface area (Å²) in [5, 5.41) is 15.6. The molecule has 0 amide bonds. The minimum atomic E-state index is -0.429. The van der Waals surface area contributed by atoms with Gasteiger partial charge in [-0.3, -0.25) is 0 Å². The summed E-state index contributed by atoms with van der Waals surface area (Å²) < 4.78 is 6.12. The predicted octanol–water partition coefficient (Wildman–Crippen LogP) is 5.09. The number of benzene rings is 2. The van der Waals surface area contributed by atoms with E-state index in [1.54, 1.807) is 0 Å². The molecule has 4 heteroatoms. The second-order valence-electron chi connectivity index (χ2n) is 9.34. The standard InChI is InChI=1S/C24H28ClNO2/c25-21-7-5-17(6-8-21)15-28-22-4-2-1-3-20(22)14-26-23-10-18-9-19(11-23)13-24(27,12-18)16-23/h1-8,18-19,26-27H,9-16H2. The third-order valence-corrected chi connectivity index (χ3v) is 7.22. The summed E-state index contributed by atoms with van der Waals surface area (Å²) in [7, 11) is 0. The summed E-state index contributed by atoms with van der Waals surface area (Å²) in [6.07, 6.45) is 6.65. The summed E-state index contributed by atoms with van der Waals surface area (Å²) in [4.78, 5) is 0. The molecule has 0 heterocycles. The van der Waals surface area contributed by atoms with Crippen molar-refractivity contribution in [1.82, 2.24) is 5.32 Å². The van der Waals surface area contributed by atoms with Gasteiger partial charge in [-0.1, -0.05) is 41.9 Å². The summed E-state index contributed by atoms with van der Waals surface area (Å²) >= 11 is 5.97. The van der Waals surface area contributed by atoms with E-state index in [2.05, 4.69) is 17.4 Å². The van der Waals surface area contributed by atoms with Crippen molar-refractivity contribution in [2.24, 2.45) is 11.8 Å². The highest BCUT2D eigenvalue weighted by molar-refractivity contribution is 6.30. The fourth-order valence-electron chi connectivity index (χ4n) is 6.24. The molecule has 4 fully saturated rings. The number of hydrogen-bond donors (Lipinski definition) is 2. The molecule has 148 valence electrons. The lowest BCUT2D eigenvalue weighted by atomic mass is 9.51. The van der Waals surface area contributed by atoms with E-state index in [1.165, 1.54) is 24.8 Å². The van der Waals surface area contributed by atoms with Crippen LogP contribution in [-0.2, 0) is 13.2 Å². The summed E-state index contributed by atoms with van der Waals surface area (Å²) in [6, 6.07) is 16.1. The molecule has 2 atom stereocenters. The van der Waals surface area contributed by atoms with E-state index in [0.29, 0.717) is 18.4 Å². The molecule has 0 aromatic heterocycles. The maximum atomic E-state index is 11.0. The molecular formula is C24H28ClNO2. The van der Waals surface area contributed by atoms with Crippen LogP contribution < -0.4 is 10.1 Å². The van der Waals surface area contributed by atoms with Crippen LogP contribution in [0, 0.1) is 11.8 Å². The maximum Gasteiger partial charge on any atom is 0.124 e. The molecule has 0 spiro atoms. The van der Waals surface area contributed by atoms with E-state index in [9.17, 15) is 5.11 Å². The quantitative estimate of drug-likeness (QED) is 0.713. The van der Waals surface area contributed by atoms with Gasteiger partial charge in [0.2, 0.25) is 0 Å². The summed E-state index contributed by atoms with van der Waals surface area (Å²) in [5.74, 6) is 2.30. The summed E-state index contributed by atoms with van der Waals surface area (Å²) in [6.45, 7) is 1.32. The van der Waals surface area contributed by atoms with Crippen LogP contribution in [0.2, 0.25) is 5.02 Å². The topological polar surface area (TPSA) is 41.5 Å². The van der Waals surface area contributed by atoms with Crippen LogP contribution in [0.4, 0.5) is 0 Å². The Hall–Kier alpha value is -1.55. The van der Waals surface area contributed by atoms with Gasteiger partial charge in [0.05, 0.1) is 5.60 Å². The van der Waals surface area contributed by atoms with Crippen molar-refractivity contribution in [3.63, 3.8) is 0 Å². The van der Waals surface area contributed by atoms with E-state index in [1.807, 2.05) is 36.4 Å². The Morgan fingerprint density at radius 2 is 1.71 bits per heavy atom. The smallest absolute Gasteiger partial charge is 0.124 e. The highest BCUT2D eigenvalue weighted by Gasteiger charge is 2.56. The third-order valence-electron chi connectivity index (χ3n) is 6.96. The number of rotatable bonds is 6. The minimum Gasteiger partial charge on any atom is -0.489 e. The molecule has 28 heavy (non-hydrogen) atoms. The highest BCUT2D eigenvalue weighted by atomic mass is 35.5. The van der Waals surface area contributed by atoms with Crippen LogP contribution in [0.5, 0.6) is 5.75 Å². The van der Waals surface area contributed by atoms with Gasteiger partial charge in [0.1, 0.15) is 12.4 Å². The van der Waals surface area contributed by atoms with Gasteiger partial charge in [0.25, 0.3) is 0 Å². The van der Waals surface area contributed by atoms with Gasteiger partial charge in [0.15, 0.2) is 0 Å². The number of halogens is 1. The Balaban J connectivity index is 1.27. The molecular weight excluding hydrogens is 370 g/mol. The van der Waals surface area contributed by atoms with Crippen LogP contribution in [-0.4, -0.2) is 16.2 Å². The maximum absolute atomic E-state index is 11.0. The fraction of sp³-hybridized carbons (Fsp3) is 0.500. The van der Waals surface area contributed by atoms with E-state index in [-0.39, 0.29) is 5.54 Å². The molecule has 2 N–H and O–H groups in total. The van der Waals surface area contributed by atoms with Crippen molar-refractivity contribution >= 4 is 11.6 Å². The van der Waals surface area contributed by atoms with Gasteiger partial charge in [-0.05, 0) is 74.1 Å². The average molecular weight is 398 g/mol. The van der Waals surface area contributed by atoms with Crippen LogP contribution in [0.3, 0.4) is 0 Å². The van der Waals surface area contributed by atoms with E-state index >= 15 is 0 Å². The SMILES string of the molecule is OC12CC3CC(C1)CC(NCc1ccccc1OCc1ccc(Cl)cc1)(C3)C2. The Kier molecular flexibility index (Phi) is 4.65. The molecule has 4 aliphatic carbocycles. The van der Waals surface area contributed by atoms with Crippen molar-refractivity contribution in [3.8, 4) is 5.75 Å². The highest BCUT2D eigenvalue weighted by Crippen LogP contribution is 2.57. The van der Waals surface area contributed by atoms with Crippen molar-refractivity contribution in [1.29, 1.82) is 0 Å². The van der Waals surface area contributed by atoms with Crippen molar-refractivity contribution in [2.75, 3.05) is 0 Å². The van der Waals surface area contributed by atoms with Gasteiger partial charge in [-0.15, -0.1) is 0 Å². The van der Waals surface area contributed by atoms with Gasteiger partial charge in [0, 0.05) is 22.7 Å². The van der Waals surface area contributed by atoms with Crippen LogP contribution in [0.15, 0.2) is 48.5 Å². The second kappa shape index (κ2) is 7.05. The van der Waals surface area contributed by atoms with Crippen molar-refractivity contribution in [3.05, 3.63) is 64.7 Å². The molecule has 0 aliphatic heterocycles. The lowest BCUT2D eigenvalue weighted by Crippen LogP contribution is -2.64. The first-order valence-corrected chi connectivity index (χ1v) is 10.8. The number of hydrogen-bond acceptors (Lipinski definition) is 3. The van der Waals surface area contributed by atoms with Gasteiger partial charge < -0.3 is 15.2 Å². The minimum absolute atomic E-state index is 0.0993. The second-order valence-corrected chi connectivity index (χ2v) is 9.78. The third kappa shape index (κ3) is 3.68.